The summed E-state index contributed by atoms with van der Waals surface area (Å²) < 4.78 is 0. The molecule has 0 unspecified atom stereocenters. The van der Waals surface area contributed by atoms with Crippen LogP contribution in [0.2, 0.25) is 0 Å². The molecule has 1 heterocycles. The average molecular weight is 241 g/mol. The highest BCUT2D eigenvalue weighted by Gasteiger charge is 2.08. The SMILES string of the molecule is CCNc1cccc(N(CC)c2ccccc2)n1. The molecule has 0 radical (unpaired) electrons. The summed E-state index contributed by atoms with van der Waals surface area (Å²) in [5, 5.41) is 3.24. The second-order valence-corrected chi connectivity index (χ2v) is 3.99. The van der Waals surface area contributed by atoms with E-state index in [1.165, 1.54) is 5.69 Å². The van der Waals surface area contributed by atoms with Crippen molar-refractivity contribution in [3.8, 4) is 0 Å². The fourth-order valence-electron chi connectivity index (χ4n) is 1.94. The topological polar surface area (TPSA) is 28.2 Å². The van der Waals surface area contributed by atoms with Gasteiger partial charge < -0.3 is 10.2 Å². The van der Waals surface area contributed by atoms with Crippen LogP contribution in [0.15, 0.2) is 48.5 Å². The van der Waals surface area contributed by atoms with Gasteiger partial charge in [-0.05, 0) is 38.1 Å². The third-order valence-corrected chi connectivity index (χ3v) is 2.75. The summed E-state index contributed by atoms with van der Waals surface area (Å²) in [5.41, 5.74) is 1.17. The first-order chi connectivity index (χ1) is 8.85. The van der Waals surface area contributed by atoms with Crippen molar-refractivity contribution in [2.75, 3.05) is 23.3 Å². The van der Waals surface area contributed by atoms with Crippen LogP contribution in [0.5, 0.6) is 0 Å². The monoisotopic (exact) mass is 241 g/mol. The number of nitrogens with zero attached hydrogens (tertiary/aromatic N) is 2. The Morgan fingerprint density at radius 2 is 1.78 bits per heavy atom. The molecule has 1 aromatic heterocycles. The van der Waals surface area contributed by atoms with Gasteiger partial charge in [0, 0.05) is 18.8 Å². The average Bonchev–Trinajstić information content (AvgIpc) is 2.42. The van der Waals surface area contributed by atoms with Gasteiger partial charge in [-0.2, -0.15) is 0 Å². The van der Waals surface area contributed by atoms with E-state index in [9.17, 15) is 0 Å². The van der Waals surface area contributed by atoms with E-state index in [1.54, 1.807) is 0 Å². The van der Waals surface area contributed by atoms with Crippen LogP contribution in [0.3, 0.4) is 0 Å². The van der Waals surface area contributed by atoms with Gasteiger partial charge in [0.2, 0.25) is 0 Å². The predicted octanol–water partition coefficient (Wildman–Crippen LogP) is 3.67. The summed E-state index contributed by atoms with van der Waals surface area (Å²) in [6, 6.07) is 16.4. The standard InChI is InChI=1S/C15H19N3/c1-3-16-14-11-8-12-15(17-14)18(4-2)13-9-6-5-7-10-13/h5-12H,3-4H2,1-2H3,(H,16,17). The van der Waals surface area contributed by atoms with Gasteiger partial charge in [-0.1, -0.05) is 24.3 Å². The summed E-state index contributed by atoms with van der Waals surface area (Å²) in [5.74, 6) is 1.89. The van der Waals surface area contributed by atoms with Gasteiger partial charge >= 0.3 is 0 Å². The Labute approximate surface area is 108 Å². The molecule has 0 saturated carbocycles. The highest BCUT2D eigenvalue weighted by atomic mass is 15.2. The summed E-state index contributed by atoms with van der Waals surface area (Å²) in [6.07, 6.45) is 0. The number of aromatic nitrogens is 1. The molecule has 0 saturated heterocycles. The lowest BCUT2D eigenvalue weighted by Gasteiger charge is -2.22. The van der Waals surface area contributed by atoms with Gasteiger partial charge in [0.15, 0.2) is 0 Å². The van der Waals surface area contributed by atoms with Gasteiger partial charge in [0.05, 0.1) is 0 Å². The van der Waals surface area contributed by atoms with Crippen molar-refractivity contribution in [1.82, 2.24) is 4.98 Å². The zero-order chi connectivity index (χ0) is 12.8. The molecule has 3 nitrogen and oxygen atoms in total. The minimum Gasteiger partial charge on any atom is -0.370 e. The number of para-hydroxylation sites is 1. The van der Waals surface area contributed by atoms with E-state index in [4.69, 9.17) is 0 Å². The minimum atomic E-state index is 0.883. The van der Waals surface area contributed by atoms with Gasteiger partial charge in [0.1, 0.15) is 11.6 Å². The highest BCUT2D eigenvalue weighted by Crippen LogP contribution is 2.23. The van der Waals surface area contributed by atoms with Gasteiger partial charge in [0.25, 0.3) is 0 Å². The number of anilines is 3. The molecule has 0 fully saturated rings. The van der Waals surface area contributed by atoms with Crippen LogP contribution in [0.4, 0.5) is 17.3 Å². The first-order valence-corrected chi connectivity index (χ1v) is 6.38. The Hall–Kier alpha value is -2.03. The van der Waals surface area contributed by atoms with Crippen LogP contribution in [0, 0.1) is 0 Å². The minimum absolute atomic E-state index is 0.883. The van der Waals surface area contributed by atoms with E-state index >= 15 is 0 Å². The van der Waals surface area contributed by atoms with E-state index < -0.39 is 0 Å². The molecule has 1 aromatic carbocycles. The highest BCUT2D eigenvalue weighted by molar-refractivity contribution is 5.61. The number of hydrogen-bond acceptors (Lipinski definition) is 3. The molecule has 0 amide bonds. The Kier molecular flexibility index (Phi) is 4.18. The zero-order valence-corrected chi connectivity index (χ0v) is 10.9. The maximum absolute atomic E-state index is 4.62. The lowest BCUT2D eigenvalue weighted by Crippen LogP contribution is -2.17. The van der Waals surface area contributed by atoms with Crippen molar-refractivity contribution in [2.24, 2.45) is 0 Å². The Morgan fingerprint density at radius 1 is 1.00 bits per heavy atom. The van der Waals surface area contributed by atoms with Crippen LogP contribution in [-0.2, 0) is 0 Å². The quantitative estimate of drug-likeness (QED) is 0.865. The third-order valence-electron chi connectivity index (χ3n) is 2.75. The van der Waals surface area contributed by atoms with Crippen LogP contribution < -0.4 is 10.2 Å². The van der Waals surface area contributed by atoms with Crippen molar-refractivity contribution in [3.63, 3.8) is 0 Å². The normalized spacial score (nSPS) is 10.1. The van der Waals surface area contributed by atoms with Crippen molar-refractivity contribution in [2.45, 2.75) is 13.8 Å². The zero-order valence-electron chi connectivity index (χ0n) is 10.9. The summed E-state index contributed by atoms with van der Waals surface area (Å²) in [4.78, 5) is 6.82. The van der Waals surface area contributed by atoms with E-state index in [-0.39, 0.29) is 0 Å². The van der Waals surface area contributed by atoms with E-state index in [2.05, 4.69) is 41.2 Å². The molecule has 0 aliphatic heterocycles. The Bertz CT molecular complexity index is 482. The molecule has 1 N–H and O–H groups in total. The molecule has 0 aliphatic rings. The Balaban J connectivity index is 2.30. The fraction of sp³-hybridized carbons (Fsp3) is 0.267. The number of benzene rings is 1. The Morgan fingerprint density at radius 3 is 2.44 bits per heavy atom. The molecule has 0 aliphatic carbocycles. The lowest BCUT2D eigenvalue weighted by molar-refractivity contribution is 0.987. The number of rotatable bonds is 5. The smallest absolute Gasteiger partial charge is 0.135 e. The number of nitrogens with one attached hydrogen (secondary N) is 1. The second-order valence-electron chi connectivity index (χ2n) is 3.99. The van der Waals surface area contributed by atoms with Crippen molar-refractivity contribution in [1.29, 1.82) is 0 Å². The molecular weight excluding hydrogens is 222 g/mol. The second kappa shape index (κ2) is 6.05. The number of pyridine rings is 1. The maximum atomic E-state index is 4.62. The summed E-state index contributed by atoms with van der Waals surface area (Å²) >= 11 is 0. The molecule has 0 bridgehead atoms. The largest absolute Gasteiger partial charge is 0.370 e. The molecule has 3 heteroatoms. The maximum Gasteiger partial charge on any atom is 0.135 e. The van der Waals surface area contributed by atoms with Crippen molar-refractivity contribution in [3.05, 3.63) is 48.5 Å². The van der Waals surface area contributed by atoms with E-state index in [0.29, 0.717) is 0 Å². The molecular formula is C15H19N3. The summed E-state index contributed by atoms with van der Waals surface area (Å²) in [7, 11) is 0. The van der Waals surface area contributed by atoms with Gasteiger partial charge in [-0.15, -0.1) is 0 Å². The van der Waals surface area contributed by atoms with Crippen LogP contribution >= 0.6 is 0 Å². The van der Waals surface area contributed by atoms with Gasteiger partial charge in [-0.3, -0.25) is 0 Å². The van der Waals surface area contributed by atoms with E-state index in [0.717, 1.165) is 24.7 Å². The van der Waals surface area contributed by atoms with Crippen molar-refractivity contribution >= 4 is 17.3 Å². The first-order valence-electron chi connectivity index (χ1n) is 6.38. The molecule has 2 rings (SSSR count). The van der Waals surface area contributed by atoms with Crippen LogP contribution in [-0.4, -0.2) is 18.1 Å². The van der Waals surface area contributed by atoms with Crippen LogP contribution in [0.25, 0.3) is 0 Å². The molecule has 0 atom stereocenters. The van der Waals surface area contributed by atoms with Crippen molar-refractivity contribution < 1.29 is 0 Å². The predicted molar refractivity (Wildman–Crippen MR) is 77.5 cm³/mol. The molecule has 0 spiro atoms. The summed E-state index contributed by atoms with van der Waals surface area (Å²) in [6.45, 7) is 5.98. The fourth-order valence-corrected chi connectivity index (χ4v) is 1.94. The van der Waals surface area contributed by atoms with Crippen LogP contribution in [0.1, 0.15) is 13.8 Å². The molecule has 18 heavy (non-hydrogen) atoms. The lowest BCUT2D eigenvalue weighted by atomic mass is 10.3. The third kappa shape index (κ3) is 2.80. The van der Waals surface area contributed by atoms with E-state index in [1.807, 2.05) is 36.4 Å². The number of hydrogen-bond donors (Lipinski definition) is 1. The molecule has 94 valence electrons. The molecule has 2 aromatic rings. The van der Waals surface area contributed by atoms with Gasteiger partial charge in [-0.25, -0.2) is 4.98 Å². The first kappa shape index (κ1) is 12.4.